The monoisotopic (exact) mass is 355 g/mol. The number of aromatic nitrogens is 2. The summed E-state index contributed by atoms with van der Waals surface area (Å²) >= 11 is 0. The van der Waals surface area contributed by atoms with Crippen molar-refractivity contribution < 1.29 is 23.3 Å². The molecule has 8 nitrogen and oxygen atoms in total. The molecule has 3 aromatic rings. The topological polar surface area (TPSA) is 107 Å². The summed E-state index contributed by atoms with van der Waals surface area (Å²) < 4.78 is 15.2. The van der Waals surface area contributed by atoms with Crippen LogP contribution in [0.15, 0.2) is 51.6 Å². The van der Waals surface area contributed by atoms with Gasteiger partial charge in [-0.15, -0.1) is 0 Å². The SMILES string of the molecule is CCOC(=O)c1cccc(NC(=O)CCc2nc(-c3ccco3)no2)c1. The van der Waals surface area contributed by atoms with E-state index in [2.05, 4.69) is 15.5 Å². The van der Waals surface area contributed by atoms with Crippen LogP contribution in [0.1, 0.15) is 29.6 Å². The second-order valence-electron chi connectivity index (χ2n) is 5.34. The van der Waals surface area contributed by atoms with Crippen molar-refractivity contribution in [3.05, 3.63) is 54.1 Å². The summed E-state index contributed by atoms with van der Waals surface area (Å²) in [6.07, 6.45) is 1.96. The van der Waals surface area contributed by atoms with Gasteiger partial charge in [0, 0.05) is 18.5 Å². The van der Waals surface area contributed by atoms with E-state index in [9.17, 15) is 9.59 Å². The van der Waals surface area contributed by atoms with E-state index < -0.39 is 5.97 Å². The van der Waals surface area contributed by atoms with Gasteiger partial charge in [-0.2, -0.15) is 4.98 Å². The van der Waals surface area contributed by atoms with Crippen LogP contribution < -0.4 is 5.32 Å². The average molecular weight is 355 g/mol. The zero-order valence-electron chi connectivity index (χ0n) is 14.1. The summed E-state index contributed by atoms with van der Waals surface area (Å²) in [4.78, 5) is 28.0. The van der Waals surface area contributed by atoms with Crippen LogP contribution in [0.25, 0.3) is 11.6 Å². The van der Waals surface area contributed by atoms with E-state index in [0.717, 1.165) is 0 Å². The second kappa shape index (κ2) is 8.11. The Morgan fingerprint density at radius 1 is 1.23 bits per heavy atom. The number of nitrogens with one attached hydrogen (secondary N) is 1. The Kier molecular flexibility index (Phi) is 5.43. The minimum atomic E-state index is -0.431. The van der Waals surface area contributed by atoms with Gasteiger partial charge in [-0.25, -0.2) is 4.79 Å². The summed E-state index contributed by atoms with van der Waals surface area (Å²) in [5, 5.41) is 6.53. The number of nitrogens with zero attached hydrogens (tertiary/aromatic N) is 2. The van der Waals surface area contributed by atoms with Crippen molar-refractivity contribution in [3.8, 4) is 11.6 Å². The first kappa shape index (κ1) is 17.4. The lowest BCUT2D eigenvalue weighted by molar-refractivity contribution is -0.116. The van der Waals surface area contributed by atoms with Crippen LogP contribution >= 0.6 is 0 Å². The molecule has 0 fully saturated rings. The van der Waals surface area contributed by atoms with E-state index in [1.807, 2.05) is 0 Å². The van der Waals surface area contributed by atoms with Gasteiger partial charge in [-0.1, -0.05) is 11.2 Å². The highest BCUT2D eigenvalue weighted by Crippen LogP contribution is 2.17. The van der Waals surface area contributed by atoms with E-state index in [1.165, 1.54) is 6.26 Å². The highest BCUT2D eigenvalue weighted by molar-refractivity contribution is 5.94. The Morgan fingerprint density at radius 3 is 2.88 bits per heavy atom. The maximum atomic E-state index is 12.1. The summed E-state index contributed by atoms with van der Waals surface area (Å²) in [5.41, 5.74) is 0.895. The molecule has 0 atom stereocenters. The van der Waals surface area contributed by atoms with Gasteiger partial charge in [0.1, 0.15) is 0 Å². The van der Waals surface area contributed by atoms with Crippen LogP contribution in [0.4, 0.5) is 5.69 Å². The minimum Gasteiger partial charge on any atom is -0.462 e. The van der Waals surface area contributed by atoms with Gasteiger partial charge in [0.05, 0.1) is 18.4 Å². The Hall–Kier alpha value is -3.42. The predicted molar refractivity (Wildman–Crippen MR) is 91.3 cm³/mol. The van der Waals surface area contributed by atoms with Gasteiger partial charge in [0.15, 0.2) is 5.76 Å². The lowest BCUT2D eigenvalue weighted by atomic mass is 10.2. The van der Waals surface area contributed by atoms with E-state index in [1.54, 1.807) is 43.3 Å². The lowest BCUT2D eigenvalue weighted by Gasteiger charge is -2.06. The first-order valence-corrected chi connectivity index (χ1v) is 8.09. The average Bonchev–Trinajstić information content (AvgIpc) is 3.32. The molecule has 0 bridgehead atoms. The normalized spacial score (nSPS) is 10.5. The molecule has 2 aromatic heterocycles. The molecule has 0 aliphatic rings. The molecule has 1 N–H and O–H groups in total. The van der Waals surface area contributed by atoms with Gasteiger partial charge < -0.3 is 19.0 Å². The number of rotatable bonds is 7. The van der Waals surface area contributed by atoms with Crippen molar-refractivity contribution in [2.24, 2.45) is 0 Å². The third-order valence-electron chi connectivity index (χ3n) is 3.43. The molecule has 0 saturated carbocycles. The number of hydrogen-bond acceptors (Lipinski definition) is 7. The molecule has 0 unspecified atom stereocenters. The second-order valence-corrected chi connectivity index (χ2v) is 5.34. The number of carbonyl (C=O) groups is 2. The lowest BCUT2D eigenvalue weighted by Crippen LogP contribution is -2.13. The molecule has 0 saturated heterocycles. The van der Waals surface area contributed by atoms with Gasteiger partial charge in [0.25, 0.3) is 0 Å². The number of carbonyl (C=O) groups excluding carboxylic acids is 2. The van der Waals surface area contributed by atoms with E-state index >= 15 is 0 Å². The number of benzene rings is 1. The van der Waals surface area contributed by atoms with Crippen molar-refractivity contribution in [1.82, 2.24) is 10.1 Å². The maximum Gasteiger partial charge on any atom is 0.338 e. The number of hydrogen-bond donors (Lipinski definition) is 1. The number of furan rings is 1. The van der Waals surface area contributed by atoms with Crippen LogP contribution in [0.3, 0.4) is 0 Å². The fourth-order valence-corrected chi connectivity index (χ4v) is 2.24. The molecule has 134 valence electrons. The first-order valence-electron chi connectivity index (χ1n) is 8.09. The Bertz CT molecular complexity index is 886. The number of ether oxygens (including phenoxy) is 1. The smallest absolute Gasteiger partial charge is 0.338 e. The third kappa shape index (κ3) is 4.35. The molecule has 0 spiro atoms. The van der Waals surface area contributed by atoms with Crippen molar-refractivity contribution in [2.75, 3.05) is 11.9 Å². The van der Waals surface area contributed by atoms with Crippen LogP contribution in [0.5, 0.6) is 0 Å². The number of aryl methyl sites for hydroxylation is 1. The largest absolute Gasteiger partial charge is 0.462 e. The highest BCUT2D eigenvalue weighted by Gasteiger charge is 2.13. The fraction of sp³-hybridized carbons (Fsp3) is 0.222. The quantitative estimate of drug-likeness (QED) is 0.649. The molecule has 1 amide bonds. The van der Waals surface area contributed by atoms with Gasteiger partial charge in [-0.3, -0.25) is 4.79 Å². The third-order valence-corrected chi connectivity index (χ3v) is 3.43. The Morgan fingerprint density at radius 2 is 2.12 bits per heavy atom. The maximum absolute atomic E-state index is 12.1. The number of esters is 1. The molecular formula is C18H17N3O5. The molecular weight excluding hydrogens is 338 g/mol. The Balaban J connectivity index is 1.54. The van der Waals surface area contributed by atoms with Crippen LogP contribution in [-0.2, 0) is 16.0 Å². The van der Waals surface area contributed by atoms with Gasteiger partial charge in [-0.05, 0) is 37.3 Å². The summed E-state index contributed by atoms with van der Waals surface area (Å²) in [6.45, 7) is 2.03. The number of anilines is 1. The zero-order valence-corrected chi connectivity index (χ0v) is 14.1. The molecule has 3 rings (SSSR count). The summed E-state index contributed by atoms with van der Waals surface area (Å²) in [6, 6.07) is 10.0. The molecule has 0 aliphatic carbocycles. The molecule has 8 heteroatoms. The van der Waals surface area contributed by atoms with Crippen LogP contribution in [0.2, 0.25) is 0 Å². The van der Waals surface area contributed by atoms with Crippen molar-refractivity contribution in [2.45, 2.75) is 19.8 Å². The summed E-state index contributed by atoms with van der Waals surface area (Å²) in [7, 11) is 0. The highest BCUT2D eigenvalue weighted by atomic mass is 16.5. The standard InChI is InChI=1S/C18H17N3O5/c1-2-24-18(23)12-5-3-6-13(11-12)19-15(22)8-9-16-20-17(21-26-16)14-7-4-10-25-14/h3-7,10-11H,2,8-9H2,1H3,(H,19,22). The van der Waals surface area contributed by atoms with E-state index in [4.69, 9.17) is 13.7 Å². The van der Waals surface area contributed by atoms with Gasteiger partial charge >= 0.3 is 5.97 Å². The predicted octanol–water partition coefficient (Wildman–Crippen LogP) is 3.08. The van der Waals surface area contributed by atoms with E-state index in [0.29, 0.717) is 35.3 Å². The fourth-order valence-electron chi connectivity index (χ4n) is 2.24. The van der Waals surface area contributed by atoms with Crippen LogP contribution in [-0.4, -0.2) is 28.6 Å². The minimum absolute atomic E-state index is 0.156. The Labute approximate surface area is 149 Å². The van der Waals surface area contributed by atoms with Crippen molar-refractivity contribution in [1.29, 1.82) is 0 Å². The number of amides is 1. The zero-order chi connectivity index (χ0) is 18.4. The molecule has 2 heterocycles. The summed E-state index contributed by atoms with van der Waals surface area (Å²) in [5.74, 6) is 0.517. The molecule has 1 aromatic carbocycles. The van der Waals surface area contributed by atoms with Crippen molar-refractivity contribution >= 4 is 17.6 Å². The first-order chi connectivity index (χ1) is 12.7. The van der Waals surface area contributed by atoms with Crippen molar-refractivity contribution in [3.63, 3.8) is 0 Å². The molecule has 0 aliphatic heterocycles. The van der Waals surface area contributed by atoms with Crippen LogP contribution in [0, 0.1) is 0 Å². The molecule has 0 radical (unpaired) electrons. The van der Waals surface area contributed by atoms with E-state index in [-0.39, 0.29) is 18.7 Å². The van der Waals surface area contributed by atoms with Gasteiger partial charge in [0.2, 0.25) is 17.6 Å². The molecule has 26 heavy (non-hydrogen) atoms.